The second-order valence-corrected chi connectivity index (χ2v) is 4.73. The summed E-state index contributed by atoms with van der Waals surface area (Å²) < 4.78 is 5.58. The Morgan fingerprint density at radius 1 is 1.35 bits per heavy atom. The van der Waals surface area contributed by atoms with E-state index in [0.717, 1.165) is 25.0 Å². The third-order valence-electron chi connectivity index (χ3n) is 2.95. The van der Waals surface area contributed by atoms with Gasteiger partial charge in [-0.2, -0.15) is 0 Å². The number of nitrogens with one attached hydrogen (secondary N) is 2. The van der Waals surface area contributed by atoms with E-state index in [9.17, 15) is 4.79 Å². The number of ether oxygens (including phenoxy) is 1. The molecule has 1 aromatic carbocycles. The number of amidine groups is 1. The second-order valence-electron chi connectivity index (χ2n) is 4.73. The van der Waals surface area contributed by atoms with Gasteiger partial charge in [0.15, 0.2) is 0 Å². The highest BCUT2D eigenvalue weighted by molar-refractivity contribution is 5.97. The Kier molecular flexibility index (Phi) is 6.56. The van der Waals surface area contributed by atoms with Gasteiger partial charge in [0, 0.05) is 5.56 Å². The maximum absolute atomic E-state index is 11.9. The van der Waals surface area contributed by atoms with Crippen LogP contribution in [0.2, 0.25) is 0 Å². The van der Waals surface area contributed by atoms with Crippen molar-refractivity contribution in [3.8, 4) is 5.75 Å². The number of carbonyl (C=O) groups excluding carboxylic acids is 1. The minimum absolute atomic E-state index is 0.0609. The zero-order valence-electron chi connectivity index (χ0n) is 12.1. The van der Waals surface area contributed by atoms with E-state index < -0.39 is 6.04 Å². The van der Waals surface area contributed by atoms with Crippen LogP contribution in [0.1, 0.15) is 43.5 Å². The number of hydrogen-bond acceptors (Lipinski definition) is 3. The molecule has 20 heavy (non-hydrogen) atoms. The van der Waals surface area contributed by atoms with E-state index in [1.54, 1.807) is 31.2 Å². The van der Waals surface area contributed by atoms with E-state index in [2.05, 4.69) is 12.2 Å². The quantitative estimate of drug-likeness (QED) is 0.387. The van der Waals surface area contributed by atoms with Crippen molar-refractivity contribution in [1.29, 1.82) is 5.41 Å². The van der Waals surface area contributed by atoms with Crippen LogP contribution in [-0.2, 0) is 0 Å². The summed E-state index contributed by atoms with van der Waals surface area (Å²) in [5.41, 5.74) is 5.84. The Labute approximate surface area is 120 Å². The topological polar surface area (TPSA) is 88.2 Å². The number of benzene rings is 1. The summed E-state index contributed by atoms with van der Waals surface area (Å²) in [6.45, 7) is 4.52. The fourth-order valence-corrected chi connectivity index (χ4v) is 1.60. The summed E-state index contributed by atoms with van der Waals surface area (Å²) in [4.78, 5) is 11.9. The van der Waals surface area contributed by atoms with Crippen molar-refractivity contribution >= 4 is 11.7 Å². The zero-order valence-corrected chi connectivity index (χ0v) is 12.1. The van der Waals surface area contributed by atoms with Gasteiger partial charge < -0.3 is 15.8 Å². The molecule has 5 nitrogen and oxygen atoms in total. The molecule has 1 rings (SSSR count). The molecular weight excluding hydrogens is 254 g/mol. The molecule has 1 atom stereocenters. The Morgan fingerprint density at radius 2 is 2.00 bits per heavy atom. The van der Waals surface area contributed by atoms with Crippen LogP contribution >= 0.6 is 0 Å². The van der Waals surface area contributed by atoms with Crippen LogP contribution in [0.3, 0.4) is 0 Å². The van der Waals surface area contributed by atoms with E-state index in [1.165, 1.54) is 0 Å². The Balaban J connectivity index is 2.49. The van der Waals surface area contributed by atoms with Crippen LogP contribution in [0, 0.1) is 5.41 Å². The Hall–Kier alpha value is -2.04. The van der Waals surface area contributed by atoms with E-state index >= 15 is 0 Å². The lowest BCUT2D eigenvalue weighted by Crippen LogP contribution is -2.41. The minimum atomic E-state index is -0.465. The standard InChI is InChI=1S/C15H23N3O2/c1-3-4-5-10-20-13-8-6-12(7-9-13)15(19)18-11(2)14(16)17/h6-9,11H,3-5,10H2,1-2H3,(H3,16,17)(H,18,19)/t11-/m1/s1. The lowest BCUT2D eigenvalue weighted by atomic mass is 10.2. The number of rotatable bonds is 8. The van der Waals surface area contributed by atoms with Crippen molar-refractivity contribution in [2.45, 2.75) is 39.2 Å². The van der Waals surface area contributed by atoms with Gasteiger partial charge >= 0.3 is 0 Å². The average Bonchev–Trinajstić information content (AvgIpc) is 2.44. The van der Waals surface area contributed by atoms with Gasteiger partial charge in [-0.05, 0) is 37.6 Å². The molecule has 0 aliphatic rings. The van der Waals surface area contributed by atoms with Gasteiger partial charge in [0.1, 0.15) is 11.6 Å². The lowest BCUT2D eigenvalue weighted by molar-refractivity contribution is 0.0949. The fraction of sp³-hybridized carbons (Fsp3) is 0.467. The maximum Gasteiger partial charge on any atom is 0.251 e. The molecule has 0 fully saturated rings. The SMILES string of the molecule is CCCCCOc1ccc(C(=O)N[C@H](C)C(=N)N)cc1. The van der Waals surface area contributed by atoms with E-state index in [1.807, 2.05) is 0 Å². The van der Waals surface area contributed by atoms with Crippen molar-refractivity contribution in [3.63, 3.8) is 0 Å². The molecule has 0 radical (unpaired) electrons. The van der Waals surface area contributed by atoms with Gasteiger partial charge in [-0.25, -0.2) is 0 Å². The smallest absolute Gasteiger partial charge is 0.251 e. The number of carbonyl (C=O) groups is 1. The Morgan fingerprint density at radius 3 is 2.55 bits per heavy atom. The molecule has 0 saturated heterocycles. The van der Waals surface area contributed by atoms with Gasteiger partial charge in [0.05, 0.1) is 12.6 Å². The Bertz CT molecular complexity index is 443. The fourth-order valence-electron chi connectivity index (χ4n) is 1.60. The van der Waals surface area contributed by atoms with Crippen molar-refractivity contribution in [1.82, 2.24) is 5.32 Å². The molecular formula is C15H23N3O2. The lowest BCUT2D eigenvalue weighted by Gasteiger charge is -2.12. The number of unbranched alkanes of at least 4 members (excludes halogenated alkanes) is 2. The van der Waals surface area contributed by atoms with Gasteiger partial charge in [-0.3, -0.25) is 10.2 Å². The van der Waals surface area contributed by atoms with Gasteiger partial charge in [-0.15, -0.1) is 0 Å². The first-order chi connectivity index (χ1) is 9.54. The van der Waals surface area contributed by atoms with Crippen LogP contribution in [-0.4, -0.2) is 24.4 Å². The molecule has 4 N–H and O–H groups in total. The number of amides is 1. The zero-order chi connectivity index (χ0) is 15.0. The first-order valence-corrected chi connectivity index (χ1v) is 6.92. The highest BCUT2D eigenvalue weighted by atomic mass is 16.5. The third-order valence-corrected chi connectivity index (χ3v) is 2.95. The second kappa shape index (κ2) is 8.19. The normalized spacial score (nSPS) is 11.7. The summed E-state index contributed by atoms with van der Waals surface area (Å²) >= 11 is 0. The first-order valence-electron chi connectivity index (χ1n) is 6.92. The molecule has 5 heteroatoms. The summed E-state index contributed by atoms with van der Waals surface area (Å²) in [6.07, 6.45) is 3.36. The molecule has 0 heterocycles. The van der Waals surface area contributed by atoms with Crippen LogP contribution in [0.5, 0.6) is 5.75 Å². The van der Waals surface area contributed by atoms with E-state index in [0.29, 0.717) is 12.2 Å². The molecule has 1 amide bonds. The van der Waals surface area contributed by atoms with Crippen molar-refractivity contribution in [2.75, 3.05) is 6.61 Å². The summed E-state index contributed by atoms with van der Waals surface area (Å²) in [5.74, 6) is 0.455. The van der Waals surface area contributed by atoms with Gasteiger partial charge in [-0.1, -0.05) is 19.8 Å². The van der Waals surface area contributed by atoms with Crippen molar-refractivity contribution in [2.24, 2.45) is 5.73 Å². The van der Waals surface area contributed by atoms with Crippen LogP contribution in [0.25, 0.3) is 0 Å². The van der Waals surface area contributed by atoms with Crippen molar-refractivity contribution < 1.29 is 9.53 Å². The van der Waals surface area contributed by atoms with Gasteiger partial charge in [0.25, 0.3) is 5.91 Å². The van der Waals surface area contributed by atoms with Crippen molar-refractivity contribution in [3.05, 3.63) is 29.8 Å². The summed E-state index contributed by atoms with van der Waals surface area (Å²) in [7, 11) is 0. The number of hydrogen-bond donors (Lipinski definition) is 3. The van der Waals surface area contributed by atoms with E-state index in [-0.39, 0.29) is 11.7 Å². The predicted octanol–water partition coefficient (Wildman–Crippen LogP) is 2.31. The number of nitrogens with two attached hydrogens (primary N) is 1. The molecule has 0 aliphatic heterocycles. The highest BCUT2D eigenvalue weighted by Crippen LogP contribution is 2.13. The van der Waals surface area contributed by atoms with Crippen LogP contribution in [0.15, 0.2) is 24.3 Å². The molecule has 0 aliphatic carbocycles. The maximum atomic E-state index is 11.9. The monoisotopic (exact) mass is 277 g/mol. The third kappa shape index (κ3) is 5.30. The molecule has 0 unspecified atom stereocenters. The summed E-state index contributed by atoms with van der Waals surface area (Å²) in [5, 5.41) is 9.89. The van der Waals surface area contributed by atoms with E-state index in [4.69, 9.17) is 15.9 Å². The first kappa shape index (κ1) is 16.0. The average molecular weight is 277 g/mol. The summed E-state index contributed by atoms with van der Waals surface area (Å²) in [6, 6.07) is 6.50. The molecule has 0 bridgehead atoms. The largest absolute Gasteiger partial charge is 0.494 e. The molecule has 0 spiro atoms. The van der Waals surface area contributed by atoms with Gasteiger partial charge in [0.2, 0.25) is 0 Å². The molecule has 0 saturated carbocycles. The highest BCUT2D eigenvalue weighted by Gasteiger charge is 2.11. The molecule has 1 aromatic rings. The minimum Gasteiger partial charge on any atom is -0.494 e. The van der Waals surface area contributed by atoms with Crippen LogP contribution in [0.4, 0.5) is 0 Å². The van der Waals surface area contributed by atoms with Crippen LogP contribution < -0.4 is 15.8 Å². The predicted molar refractivity (Wildman–Crippen MR) is 80.3 cm³/mol. The molecule has 110 valence electrons. The molecule has 0 aromatic heterocycles.